The van der Waals surface area contributed by atoms with Crippen molar-refractivity contribution in [2.75, 3.05) is 18.5 Å². The van der Waals surface area contributed by atoms with Gasteiger partial charge in [0.25, 0.3) is 0 Å². The van der Waals surface area contributed by atoms with Gasteiger partial charge in [-0.15, -0.1) is 11.3 Å². The van der Waals surface area contributed by atoms with E-state index in [4.69, 9.17) is 5.26 Å². The summed E-state index contributed by atoms with van der Waals surface area (Å²) in [4.78, 5) is 2.13. The first kappa shape index (κ1) is 9.08. The number of nitriles is 1. The number of thiophene rings is 1. The SMILES string of the molecule is Cc1ccsc1N(C)CCC#N. The molecule has 0 aliphatic carbocycles. The second kappa shape index (κ2) is 4.13. The molecular formula is C9H12N2S. The molecular weight excluding hydrogens is 168 g/mol. The zero-order valence-corrected chi connectivity index (χ0v) is 8.19. The molecule has 12 heavy (non-hydrogen) atoms. The number of hydrogen-bond acceptors (Lipinski definition) is 3. The molecule has 1 aromatic heterocycles. The molecule has 0 spiro atoms. The van der Waals surface area contributed by atoms with E-state index in [2.05, 4.69) is 29.3 Å². The van der Waals surface area contributed by atoms with Crippen molar-refractivity contribution in [3.63, 3.8) is 0 Å². The van der Waals surface area contributed by atoms with Crippen molar-refractivity contribution in [1.29, 1.82) is 5.26 Å². The molecule has 0 atom stereocenters. The third-order valence-electron chi connectivity index (χ3n) is 1.74. The van der Waals surface area contributed by atoms with Gasteiger partial charge in [-0.25, -0.2) is 0 Å². The normalized spacial score (nSPS) is 9.42. The lowest BCUT2D eigenvalue weighted by Gasteiger charge is -2.16. The van der Waals surface area contributed by atoms with Crippen LogP contribution in [-0.2, 0) is 0 Å². The molecule has 1 heterocycles. The summed E-state index contributed by atoms with van der Waals surface area (Å²) >= 11 is 1.72. The molecule has 1 aromatic rings. The molecule has 0 aliphatic heterocycles. The molecule has 0 fully saturated rings. The highest BCUT2D eigenvalue weighted by atomic mass is 32.1. The Balaban J connectivity index is 2.60. The largest absolute Gasteiger partial charge is 0.365 e. The lowest BCUT2D eigenvalue weighted by atomic mass is 10.3. The predicted molar refractivity (Wildman–Crippen MR) is 52.6 cm³/mol. The summed E-state index contributed by atoms with van der Waals surface area (Å²) in [6.07, 6.45) is 0.591. The number of aryl methyl sites for hydroxylation is 1. The molecule has 0 saturated heterocycles. The van der Waals surface area contributed by atoms with Gasteiger partial charge in [-0.05, 0) is 23.9 Å². The van der Waals surface area contributed by atoms with Crippen LogP contribution in [0.3, 0.4) is 0 Å². The van der Waals surface area contributed by atoms with Crippen molar-refractivity contribution < 1.29 is 0 Å². The van der Waals surface area contributed by atoms with Crippen LogP contribution in [0, 0.1) is 18.3 Å². The number of anilines is 1. The molecule has 0 N–H and O–H groups in total. The van der Waals surface area contributed by atoms with Crippen molar-refractivity contribution in [3.8, 4) is 6.07 Å². The van der Waals surface area contributed by atoms with Gasteiger partial charge in [0.15, 0.2) is 0 Å². The van der Waals surface area contributed by atoms with Gasteiger partial charge in [0.1, 0.15) is 0 Å². The Morgan fingerprint density at radius 1 is 1.67 bits per heavy atom. The summed E-state index contributed by atoms with van der Waals surface area (Å²) in [5.41, 5.74) is 1.29. The van der Waals surface area contributed by atoms with Crippen LogP contribution >= 0.6 is 11.3 Å². The Morgan fingerprint density at radius 2 is 2.42 bits per heavy atom. The monoisotopic (exact) mass is 180 g/mol. The molecule has 0 unspecified atom stereocenters. The van der Waals surface area contributed by atoms with Gasteiger partial charge in [-0.3, -0.25) is 0 Å². The van der Waals surface area contributed by atoms with Crippen molar-refractivity contribution in [1.82, 2.24) is 0 Å². The number of rotatable bonds is 3. The number of hydrogen-bond donors (Lipinski definition) is 0. The van der Waals surface area contributed by atoms with E-state index in [1.54, 1.807) is 11.3 Å². The van der Waals surface area contributed by atoms with Crippen LogP contribution in [-0.4, -0.2) is 13.6 Å². The molecule has 0 aliphatic rings. The van der Waals surface area contributed by atoms with Gasteiger partial charge in [0, 0.05) is 13.6 Å². The minimum Gasteiger partial charge on any atom is -0.365 e. The van der Waals surface area contributed by atoms with E-state index in [0.29, 0.717) is 6.42 Å². The van der Waals surface area contributed by atoms with Gasteiger partial charge in [0.05, 0.1) is 17.5 Å². The standard InChI is InChI=1S/C9H12N2S/c1-8-4-7-12-9(8)11(2)6-3-5-10/h4,7H,3,6H2,1-2H3. The van der Waals surface area contributed by atoms with E-state index in [1.807, 2.05) is 7.05 Å². The molecule has 0 radical (unpaired) electrons. The van der Waals surface area contributed by atoms with E-state index in [0.717, 1.165) is 6.54 Å². The molecule has 64 valence electrons. The summed E-state index contributed by atoms with van der Waals surface area (Å²) in [5.74, 6) is 0. The minimum absolute atomic E-state index is 0.591. The smallest absolute Gasteiger partial charge is 0.0935 e. The summed E-state index contributed by atoms with van der Waals surface area (Å²) in [6.45, 7) is 2.91. The van der Waals surface area contributed by atoms with E-state index < -0.39 is 0 Å². The Labute approximate surface area is 77.0 Å². The van der Waals surface area contributed by atoms with Crippen molar-refractivity contribution in [3.05, 3.63) is 17.0 Å². The molecule has 3 heteroatoms. The Morgan fingerprint density at radius 3 is 2.92 bits per heavy atom. The number of nitrogens with zero attached hydrogens (tertiary/aromatic N) is 2. The van der Waals surface area contributed by atoms with E-state index in [-0.39, 0.29) is 0 Å². The molecule has 0 saturated carbocycles. The topological polar surface area (TPSA) is 27.0 Å². The fourth-order valence-electron chi connectivity index (χ4n) is 1.08. The molecule has 0 aromatic carbocycles. The fourth-order valence-corrected chi connectivity index (χ4v) is 2.00. The maximum Gasteiger partial charge on any atom is 0.0935 e. The van der Waals surface area contributed by atoms with Crippen molar-refractivity contribution in [2.24, 2.45) is 0 Å². The summed E-state index contributed by atoms with van der Waals surface area (Å²) < 4.78 is 0. The van der Waals surface area contributed by atoms with Gasteiger partial charge in [-0.2, -0.15) is 5.26 Å². The van der Waals surface area contributed by atoms with E-state index >= 15 is 0 Å². The van der Waals surface area contributed by atoms with Gasteiger partial charge >= 0.3 is 0 Å². The first-order valence-electron chi connectivity index (χ1n) is 3.88. The molecule has 0 amide bonds. The Hall–Kier alpha value is -1.01. The average molecular weight is 180 g/mol. The van der Waals surface area contributed by atoms with Gasteiger partial charge < -0.3 is 4.90 Å². The van der Waals surface area contributed by atoms with Crippen molar-refractivity contribution >= 4 is 16.3 Å². The zero-order valence-electron chi connectivity index (χ0n) is 7.37. The minimum atomic E-state index is 0.591. The maximum absolute atomic E-state index is 8.41. The highest BCUT2D eigenvalue weighted by Crippen LogP contribution is 2.25. The maximum atomic E-state index is 8.41. The predicted octanol–water partition coefficient (Wildman–Crippen LogP) is 2.41. The van der Waals surface area contributed by atoms with Gasteiger partial charge in [-0.1, -0.05) is 0 Å². The highest BCUT2D eigenvalue weighted by molar-refractivity contribution is 7.14. The van der Waals surface area contributed by atoms with Crippen LogP contribution in [0.15, 0.2) is 11.4 Å². The van der Waals surface area contributed by atoms with Crippen LogP contribution < -0.4 is 4.90 Å². The Kier molecular flexibility index (Phi) is 3.12. The lowest BCUT2D eigenvalue weighted by Crippen LogP contribution is -2.17. The quantitative estimate of drug-likeness (QED) is 0.714. The van der Waals surface area contributed by atoms with Crippen LogP contribution in [0.4, 0.5) is 5.00 Å². The van der Waals surface area contributed by atoms with E-state index in [1.165, 1.54) is 10.6 Å². The lowest BCUT2D eigenvalue weighted by molar-refractivity contribution is 0.911. The van der Waals surface area contributed by atoms with Crippen LogP contribution in [0.1, 0.15) is 12.0 Å². The zero-order chi connectivity index (χ0) is 8.97. The summed E-state index contributed by atoms with van der Waals surface area (Å²) in [7, 11) is 2.02. The summed E-state index contributed by atoms with van der Waals surface area (Å²) in [5, 5.41) is 11.8. The second-order valence-electron chi connectivity index (χ2n) is 2.74. The molecule has 0 bridgehead atoms. The van der Waals surface area contributed by atoms with Crippen molar-refractivity contribution in [2.45, 2.75) is 13.3 Å². The van der Waals surface area contributed by atoms with E-state index in [9.17, 15) is 0 Å². The third-order valence-corrected chi connectivity index (χ3v) is 2.87. The Bertz CT molecular complexity index is 285. The van der Waals surface area contributed by atoms with Crippen LogP contribution in [0.5, 0.6) is 0 Å². The van der Waals surface area contributed by atoms with Crippen LogP contribution in [0.2, 0.25) is 0 Å². The first-order chi connectivity index (χ1) is 5.75. The highest BCUT2D eigenvalue weighted by Gasteiger charge is 2.04. The molecule has 1 rings (SSSR count). The summed E-state index contributed by atoms with van der Waals surface area (Å²) in [6, 6.07) is 4.24. The van der Waals surface area contributed by atoms with Gasteiger partial charge in [0.2, 0.25) is 0 Å². The molecule has 2 nitrogen and oxygen atoms in total. The van der Waals surface area contributed by atoms with Crippen LogP contribution in [0.25, 0.3) is 0 Å². The average Bonchev–Trinajstić information content (AvgIpc) is 2.47. The third kappa shape index (κ3) is 1.99. The first-order valence-corrected chi connectivity index (χ1v) is 4.76. The fraction of sp³-hybridized carbons (Fsp3) is 0.444. The second-order valence-corrected chi connectivity index (χ2v) is 3.63.